The molecule has 30 heavy (non-hydrogen) atoms. The topological polar surface area (TPSA) is 74.6 Å². The molecule has 0 aromatic heterocycles. The van der Waals surface area contributed by atoms with Crippen LogP contribution >= 0.6 is 0 Å². The molecular formula is C24H31N3O3. The molecule has 1 N–H and O–H groups in total. The molecule has 1 atom stereocenters. The first-order valence-corrected chi connectivity index (χ1v) is 10.2. The maximum Gasteiger partial charge on any atom is 0.220 e. The third-order valence-electron chi connectivity index (χ3n) is 4.99. The molecule has 160 valence electrons. The van der Waals surface area contributed by atoms with E-state index in [1.165, 1.54) is 18.2 Å². The van der Waals surface area contributed by atoms with Crippen molar-refractivity contribution >= 4 is 5.91 Å². The van der Waals surface area contributed by atoms with Crippen LogP contribution in [0.2, 0.25) is 0 Å². The number of nitrogens with one attached hydrogen (secondary N) is 1. The van der Waals surface area contributed by atoms with Crippen LogP contribution in [0.25, 0.3) is 0 Å². The Balaban J connectivity index is 1.79. The zero-order valence-corrected chi connectivity index (χ0v) is 18.3. The number of rotatable bonds is 11. The highest BCUT2D eigenvalue weighted by Gasteiger charge is 2.15. The van der Waals surface area contributed by atoms with Gasteiger partial charge in [-0.05, 0) is 50.2 Å². The van der Waals surface area contributed by atoms with E-state index in [0.29, 0.717) is 43.1 Å². The highest BCUT2D eigenvalue weighted by molar-refractivity contribution is 5.75. The summed E-state index contributed by atoms with van der Waals surface area (Å²) in [6.07, 6.45) is 1.99. The summed E-state index contributed by atoms with van der Waals surface area (Å²) in [5, 5.41) is 12.0. The second-order valence-electron chi connectivity index (χ2n) is 7.31. The predicted molar refractivity (Wildman–Crippen MR) is 118 cm³/mol. The third-order valence-corrected chi connectivity index (χ3v) is 4.99. The van der Waals surface area contributed by atoms with Crippen LogP contribution < -0.4 is 14.8 Å². The lowest BCUT2D eigenvalue weighted by atomic mass is 10.0. The number of carbonyl (C=O) groups excluding carboxylic acids is 1. The Labute approximate surface area is 179 Å². The summed E-state index contributed by atoms with van der Waals surface area (Å²) in [6.45, 7) is 3.09. The normalized spacial score (nSPS) is 11.6. The van der Waals surface area contributed by atoms with Crippen LogP contribution in [0, 0.1) is 11.3 Å². The van der Waals surface area contributed by atoms with Crippen LogP contribution in [-0.2, 0) is 11.2 Å². The number of hydrogen-bond donors (Lipinski definition) is 1. The summed E-state index contributed by atoms with van der Waals surface area (Å²) in [5.74, 6) is 1.09. The number of likely N-dealkylation sites (N-methyl/N-ethyl adjacent to an activating group) is 1. The molecule has 0 saturated heterocycles. The van der Waals surface area contributed by atoms with Gasteiger partial charge in [0.05, 0.1) is 31.4 Å². The van der Waals surface area contributed by atoms with Crippen LogP contribution in [0.3, 0.4) is 0 Å². The molecular weight excluding hydrogens is 378 g/mol. The first-order valence-electron chi connectivity index (χ1n) is 10.2. The summed E-state index contributed by atoms with van der Waals surface area (Å²) >= 11 is 0. The van der Waals surface area contributed by atoms with Gasteiger partial charge < -0.3 is 19.7 Å². The fraction of sp³-hybridized carbons (Fsp3) is 0.417. The molecule has 0 aliphatic heterocycles. The van der Waals surface area contributed by atoms with Crippen molar-refractivity contribution in [3.63, 3.8) is 0 Å². The molecule has 6 heteroatoms. The summed E-state index contributed by atoms with van der Waals surface area (Å²) < 4.78 is 11.0. The summed E-state index contributed by atoms with van der Waals surface area (Å²) in [6, 6.07) is 15.8. The minimum atomic E-state index is 0.00224. The standard InChI is InChI=1S/C24H31N3O3/c1-5-18-8-11-20(12-9-18)21(27(2)3)17-26-24(28)7-6-14-30-22-13-10-19(16-25)15-23(22)29-4/h8-13,15,21H,5-7,14,17H2,1-4H3,(H,26,28). The second-order valence-corrected chi connectivity index (χ2v) is 7.31. The number of aryl methyl sites for hydroxylation is 1. The fourth-order valence-electron chi connectivity index (χ4n) is 3.14. The van der Waals surface area contributed by atoms with E-state index >= 15 is 0 Å². The number of nitriles is 1. The average molecular weight is 410 g/mol. The highest BCUT2D eigenvalue weighted by Crippen LogP contribution is 2.28. The number of nitrogens with zero attached hydrogens (tertiary/aromatic N) is 2. The Morgan fingerprint density at radius 2 is 1.90 bits per heavy atom. The minimum Gasteiger partial charge on any atom is -0.493 e. The number of benzene rings is 2. The molecule has 0 aliphatic carbocycles. The SMILES string of the molecule is CCc1ccc(C(CNC(=O)CCCOc2ccc(C#N)cc2OC)N(C)C)cc1. The monoisotopic (exact) mass is 409 g/mol. The van der Waals surface area contributed by atoms with E-state index in [0.717, 1.165) is 6.42 Å². The van der Waals surface area contributed by atoms with E-state index in [1.807, 2.05) is 14.1 Å². The Hall–Kier alpha value is -3.04. The van der Waals surface area contributed by atoms with E-state index in [2.05, 4.69) is 47.5 Å². The molecule has 2 aromatic carbocycles. The van der Waals surface area contributed by atoms with Crippen molar-refractivity contribution in [1.29, 1.82) is 5.26 Å². The van der Waals surface area contributed by atoms with E-state index in [-0.39, 0.29) is 11.9 Å². The molecule has 0 saturated carbocycles. The third kappa shape index (κ3) is 6.78. The number of ether oxygens (including phenoxy) is 2. The Morgan fingerprint density at radius 3 is 2.50 bits per heavy atom. The van der Waals surface area contributed by atoms with E-state index in [4.69, 9.17) is 14.7 Å². The van der Waals surface area contributed by atoms with Gasteiger partial charge in [0.2, 0.25) is 5.91 Å². The van der Waals surface area contributed by atoms with E-state index in [1.54, 1.807) is 18.2 Å². The largest absolute Gasteiger partial charge is 0.493 e. The highest BCUT2D eigenvalue weighted by atomic mass is 16.5. The molecule has 1 unspecified atom stereocenters. The molecule has 0 spiro atoms. The molecule has 0 fully saturated rings. The smallest absolute Gasteiger partial charge is 0.220 e. The predicted octanol–water partition coefficient (Wildman–Crippen LogP) is 3.71. The lowest BCUT2D eigenvalue weighted by molar-refractivity contribution is -0.121. The van der Waals surface area contributed by atoms with Gasteiger partial charge in [-0.1, -0.05) is 31.2 Å². The lowest BCUT2D eigenvalue weighted by Gasteiger charge is -2.25. The number of hydrogen-bond acceptors (Lipinski definition) is 5. The molecule has 6 nitrogen and oxygen atoms in total. The van der Waals surface area contributed by atoms with Crippen molar-refractivity contribution in [3.8, 4) is 17.6 Å². The van der Waals surface area contributed by atoms with Crippen LogP contribution in [0.5, 0.6) is 11.5 Å². The van der Waals surface area contributed by atoms with Gasteiger partial charge in [0.25, 0.3) is 0 Å². The minimum absolute atomic E-state index is 0.00224. The average Bonchev–Trinajstić information content (AvgIpc) is 2.77. The van der Waals surface area contributed by atoms with Crippen molar-refractivity contribution in [2.45, 2.75) is 32.2 Å². The quantitative estimate of drug-likeness (QED) is 0.573. The van der Waals surface area contributed by atoms with Gasteiger partial charge in [-0.2, -0.15) is 5.26 Å². The first kappa shape index (κ1) is 23.2. The first-order chi connectivity index (χ1) is 14.5. The Kier molecular flexibility index (Phi) is 9.17. The zero-order valence-electron chi connectivity index (χ0n) is 18.3. The van der Waals surface area contributed by atoms with Crippen molar-refractivity contribution in [2.75, 3.05) is 34.4 Å². The Morgan fingerprint density at radius 1 is 1.17 bits per heavy atom. The maximum absolute atomic E-state index is 12.3. The summed E-state index contributed by atoms with van der Waals surface area (Å²) in [4.78, 5) is 14.4. The number of carbonyl (C=O) groups is 1. The van der Waals surface area contributed by atoms with Gasteiger partial charge in [-0.25, -0.2) is 0 Å². The fourth-order valence-corrected chi connectivity index (χ4v) is 3.14. The second kappa shape index (κ2) is 11.8. The van der Waals surface area contributed by atoms with Crippen molar-refractivity contribution in [1.82, 2.24) is 10.2 Å². The molecule has 0 aliphatic rings. The molecule has 0 heterocycles. The van der Waals surface area contributed by atoms with Crippen LogP contribution in [-0.4, -0.2) is 45.2 Å². The van der Waals surface area contributed by atoms with Crippen molar-refractivity contribution in [3.05, 3.63) is 59.2 Å². The van der Waals surface area contributed by atoms with E-state index < -0.39 is 0 Å². The maximum atomic E-state index is 12.3. The van der Waals surface area contributed by atoms with Crippen LogP contribution in [0.1, 0.15) is 42.5 Å². The number of methoxy groups -OCH3 is 1. The summed E-state index contributed by atoms with van der Waals surface area (Å²) in [7, 11) is 5.57. The molecule has 1 amide bonds. The van der Waals surface area contributed by atoms with Crippen molar-refractivity contribution < 1.29 is 14.3 Å². The molecule has 2 rings (SSSR count). The zero-order chi connectivity index (χ0) is 21.9. The Bertz CT molecular complexity index is 857. The van der Waals surface area contributed by atoms with Gasteiger partial charge >= 0.3 is 0 Å². The van der Waals surface area contributed by atoms with Crippen LogP contribution in [0.4, 0.5) is 0 Å². The van der Waals surface area contributed by atoms with Gasteiger partial charge in [0, 0.05) is 19.0 Å². The van der Waals surface area contributed by atoms with Gasteiger partial charge in [-0.3, -0.25) is 4.79 Å². The van der Waals surface area contributed by atoms with Gasteiger partial charge in [0.15, 0.2) is 11.5 Å². The lowest BCUT2D eigenvalue weighted by Crippen LogP contribution is -2.34. The molecule has 0 radical (unpaired) electrons. The number of amides is 1. The van der Waals surface area contributed by atoms with Crippen LogP contribution in [0.15, 0.2) is 42.5 Å². The van der Waals surface area contributed by atoms with Gasteiger partial charge in [0.1, 0.15) is 0 Å². The van der Waals surface area contributed by atoms with E-state index in [9.17, 15) is 4.79 Å². The molecule has 2 aromatic rings. The summed E-state index contributed by atoms with van der Waals surface area (Å²) in [5.41, 5.74) is 3.01. The van der Waals surface area contributed by atoms with Gasteiger partial charge in [-0.15, -0.1) is 0 Å². The van der Waals surface area contributed by atoms with Crippen molar-refractivity contribution in [2.24, 2.45) is 0 Å². The molecule has 0 bridgehead atoms.